The number of carbonyl (C=O) groups is 1. The SMILES string of the molecule is COCCCNC(=O)/C=C(\C)c1cc2c(C)c(C)oc2c(C)c1OC. The molecule has 1 aromatic heterocycles. The van der Waals surface area contributed by atoms with Crippen LogP contribution in [0.5, 0.6) is 5.75 Å². The first-order chi connectivity index (χ1) is 11.9. The van der Waals surface area contributed by atoms with Crippen LogP contribution in [-0.4, -0.2) is 33.3 Å². The van der Waals surface area contributed by atoms with Crippen LogP contribution in [0.1, 0.15) is 35.8 Å². The maximum absolute atomic E-state index is 12.1. The van der Waals surface area contributed by atoms with Gasteiger partial charge in [-0.1, -0.05) is 0 Å². The first-order valence-electron chi connectivity index (χ1n) is 8.43. The van der Waals surface area contributed by atoms with Crippen molar-refractivity contribution in [3.63, 3.8) is 0 Å². The molecule has 0 saturated carbocycles. The zero-order valence-corrected chi connectivity index (χ0v) is 15.9. The minimum Gasteiger partial charge on any atom is -0.496 e. The van der Waals surface area contributed by atoms with Gasteiger partial charge < -0.3 is 19.2 Å². The smallest absolute Gasteiger partial charge is 0.244 e. The van der Waals surface area contributed by atoms with Crippen LogP contribution in [-0.2, 0) is 9.53 Å². The molecule has 0 unspecified atom stereocenters. The number of nitrogens with one attached hydrogen (secondary N) is 1. The highest BCUT2D eigenvalue weighted by Crippen LogP contribution is 2.38. The van der Waals surface area contributed by atoms with Crippen LogP contribution >= 0.6 is 0 Å². The van der Waals surface area contributed by atoms with E-state index in [9.17, 15) is 4.79 Å². The molecule has 2 rings (SSSR count). The summed E-state index contributed by atoms with van der Waals surface area (Å²) in [7, 11) is 3.29. The van der Waals surface area contributed by atoms with Gasteiger partial charge in [0, 0.05) is 42.9 Å². The summed E-state index contributed by atoms with van der Waals surface area (Å²) in [6, 6.07) is 2.04. The number of ether oxygens (including phenoxy) is 2. The molecule has 1 aromatic carbocycles. The van der Waals surface area contributed by atoms with Crippen molar-refractivity contribution in [3.05, 3.63) is 34.6 Å². The number of hydrogen-bond donors (Lipinski definition) is 1. The van der Waals surface area contributed by atoms with Gasteiger partial charge in [0.25, 0.3) is 0 Å². The number of furan rings is 1. The zero-order chi connectivity index (χ0) is 18.6. The van der Waals surface area contributed by atoms with E-state index in [0.717, 1.165) is 51.2 Å². The highest BCUT2D eigenvalue weighted by atomic mass is 16.5. The largest absolute Gasteiger partial charge is 0.496 e. The summed E-state index contributed by atoms with van der Waals surface area (Å²) in [4.78, 5) is 12.1. The molecule has 1 heterocycles. The van der Waals surface area contributed by atoms with Gasteiger partial charge >= 0.3 is 0 Å². The number of amides is 1. The van der Waals surface area contributed by atoms with Gasteiger partial charge in [-0.05, 0) is 51.3 Å². The van der Waals surface area contributed by atoms with Gasteiger partial charge in [-0.15, -0.1) is 0 Å². The Kier molecular flexibility index (Phi) is 6.26. The van der Waals surface area contributed by atoms with E-state index in [4.69, 9.17) is 13.9 Å². The molecule has 0 aliphatic carbocycles. The number of benzene rings is 1. The van der Waals surface area contributed by atoms with Crippen molar-refractivity contribution >= 4 is 22.4 Å². The number of allylic oxidation sites excluding steroid dienone is 1. The fourth-order valence-electron chi connectivity index (χ4n) is 2.92. The molecule has 5 heteroatoms. The Labute approximate surface area is 149 Å². The van der Waals surface area contributed by atoms with Crippen LogP contribution in [0.15, 0.2) is 16.6 Å². The average Bonchev–Trinajstić information content (AvgIpc) is 2.87. The molecule has 0 aliphatic heterocycles. The quantitative estimate of drug-likeness (QED) is 0.610. The summed E-state index contributed by atoms with van der Waals surface area (Å²) in [6.07, 6.45) is 2.40. The second kappa shape index (κ2) is 8.21. The lowest BCUT2D eigenvalue weighted by molar-refractivity contribution is -0.116. The molecule has 2 aromatic rings. The molecule has 1 N–H and O–H groups in total. The summed E-state index contributed by atoms with van der Waals surface area (Å²) >= 11 is 0. The van der Waals surface area contributed by atoms with Crippen molar-refractivity contribution in [1.82, 2.24) is 5.32 Å². The normalized spacial score (nSPS) is 11.8. The van der Waals surface area contributed by atoms with Crippen molar-refractivity contribution in [1.29, 1.82) is 0 Å². The molecule has 1 amide bonds. The van der Waals surface area contributed by atoms with Crippen LogP contribution in [0, 0.1) is 20.8 Å². The van der Waals surface area contributed by atoms with Crippen molar-refractivity contribution in [2.45, 2.75) is 34.1 Å². The predicted octanol–water partition coefficient (Wildman–Crippen LogP) is 3.92. The standard InChI is InChI=1S/C20H27NO4/c1-12(10-18(22)21-8-7-9-23-5)16-11-17-13(2)15(4)25-20(17)14(3)19(16)24-6/h10-11H,7-9H2,1-6H3,(H,21,22)/b12-10+. The Morgan fingerprint density at radius 2 is 1.96 bits per heavy atom. The van der Waals surface area contributed by atoms with E-state index in [1.165, 1.54) is 0 Å². The summed E-state index contributed by atoms with van der Waals surface area (Å²) in [5.74, 6) is 1.52. The van der Waals surface area contributed by atoms with Crippen LogP contribution in [0.4, 0.5) is 0 Å². The minimum atomic E-state index is -0.117. The third-order valence-corrected chi connectivity index (χ3v) is 4.45. The molecule has 0 saturated heterocycles. The molecule has 136 valence electrons. The predicted molar refractivity (Wildman–Crippen MR) is 100 cm³/mol. The van der Waals surface area contributed by atoms with E-state index in [2.05, 4.69) is 5.32 Å². The second-order valence-corrected chi connectivity index (χ2v) is 6.21. The van der Waals surface area contributed by atoms with Crippen LogP contribution in [0.3, 0.4) is 0 Å². The fraction of sp³-hybridized carbons (Fsp3) is 0.450. The molecule has 0 bridgehead atoms. The highest BCUT2D eigenvalue weighted by molar-refractivity contribution is 5.98. The van der Waals surface area contributed by atoms with Crippen LogP contribution in [0.25, 0.3) is 16.5 Å². The Balaban J connectivity index is 2.36. The molecular weight excluding hydrogens is 318 g/mol. The maximum atomic E-state index is 12.1. The molecule has 25 heavy (non-hydrogen) atoms. The number of methoxy groups -OCH3 is 2. The summed E-state index contributed by atoms with van der Waals surface area (Å²) < 4.78 is 16.5. The van der Waals surface area contributed by atoms with E-state index >= 15 is 0 Å². The molecule has 0 aliphatic rings. The lowest BCUT2D eigenvalue weighted by Crippen LogP contribution is -2.23. The first kappa shape index (κ1) is 19.1. The van der Waals surface area contributed by atoms with Gasteiger partial charge in [-0.2, -0.15) is 0 Å². The lowest BCUT2D eigenvalue weighted by Gasteiger charge is -2.13. The summed E-state index contributed by atoms with van der Waals surface area (Å²) in [6.45, 7) is 9.11. The van der Waals surface area contributed by atoms with Crippen molar-refractivity contribution in [3.8, 4) is 5.75 Å². The van der Waals surface area contributed by atoms with Gasteiger partial charge in [0.2, 0.25) is 5.91 Å². The van der Waals surface area contributed by atoms with E-state index in [0.29, 0.717) is 13.2 Å². The Morgan fingerprint density at radius 1 is 1.24 bits per heavy atom. The van der Waals surface area contributed by atoms with E-state index < -0.39 is 0 Å². The molecule has 0 fully saturated rings. The zero-order valence-electron chi connectivity index (χ0n) is 15.9. The molecule has 0 atom stereocenters. The molecule has 0 radical (unpaired) electrons. The van der Waals surface area contributed by atoms with Crippen LogP contribution < -0.4 is 10.1 Å². The number of aryl methyl sites for hydroxylation is 3. The van der Waals surface area contributed by atoms with Gasteiger partial charge in [-0.25, -0.2) is 0 Å². The van der Waals surface area contributed by atoms with Crippen molar-refractivity contribution in [2.24, 2.45) is 0 Å². The first-order valence-corrected chi connectivity index (χ1v) is 8.43. The maximum Gasteiger partial charge on any atom is 0.244 e. The van der Waals surface area contributed by atoms with Gasteiger partial charge in [0.15, 0.2) is 0 Å². The number of fused-ring (bicyclic) bond motifs is 1. The minimum absolute atomic E-state index is 0.117. The summed E-state index contributed by atoms with van der Waals surface area (Å²) in [5.41, 5.74) is 4.65. The highest BCUT2D eigenvalue weighted by Gasteiger charge is 2.18. The molecule has 0 spiro atoms. The third kappa shape index (κ3) is 4.04. The van der Waals surface area contributed by atoms with Crippen molar-refractivity contribution in [2.75, 3.05) is 27.4 Å². The Hall–Kier alpha value is -2.27. The second-order valence-electron chi connectivity index (χ2n) is 6.21. The molecule has 5 nitrogen and oxygen atoms in total. The topological polar surface area (TPSA) is 60.7 Å². The third-order valence-electron chi connectivity index (χ3n) is 4.45. The van der Waals surface area contributed by atoms with E-state index in [1.807, 2.05) is 33.8 Å². The van der Waals surface area contributed by atoms with Gasteiger partial charge in [0.1, 0.15) is 17.1 Å². The monoisotopic (exact) mass is 345 g/mol. The van der Waals surface area contributed by atoms with Crippen molar-refractivity contribution < 1.29 is 18.7 Å². The number of hydrogen-bond acceptors (Lipinski definition) is 4. The van der Waals surface area contributed by atoms with Gasteiger partial charge in [0.05, 0.1) is 7.11 Å². The van der Waals surface area contributed by atoms with E-state index in [1.54, 1.807) is 20.3 Å². The van der Waals surface area contributed by atoms with Gasteiger partial charge in [-0.3, -0.25) is 4.79 Å². The van der Waals surface area contributed by atoms with E-state index in [-0.39, 0.29) is 5.91 Å². The van der Waals surface area contributed by atoms with Crippen LogP contribution in [0.2, 0.25) is 0 Å². The molecular formula is C20H27NO4. The Morgan fingerprint density at radius 3 is 2.60 bits per heavy atom. The lowest BCUT2D eigenvalue weighted by atomic mass is 9.98. The fourth-order valence-corrected chi connectivity index (χ4v) is 2.92. The Bertz CT molecular complexity index is 802. The number of carbonyl (C=O) groups excluding carboxylic acids is 1. The number of rotatable bonds is 7. The average molecular weight is 345 g/mol. The summed E-state index contributed by atoms with van der Waals surface area (Å²) in [5, 5.41) is 3.92.